The minimum Gasteiger partial charge on any atom is -0.462 e. The quantitative estimate of drug-likeness (QED) is 0.0362. The molecule has 49 heavy (non-hydrogen) atoms. The molecule has 0 aromatic rings. The van der Waals surface area contributed by atoms with Crippen molar-refractivity contribution in [3.63, 3.8) is 0 Å². The van der Waals surface area contributed by atoms with Gasteiger partial charge in [-0.3, -0.25) is 14.4 Å². The fourth-order valence-electron chi connectivity index (χ4n) is 6.32. The van der Waals surface area contributed by atoms with E-state index in [9.17, 15) is 14.4 Å². The molecule has 1 atom stereocenters. The highest BCUT2D eigenvalue weighted by Gasteiger charge is 2.19. The SMILES string of the molecule is CCCCCCCCCCCCCCCCCC(=O)OC[C@@H](COC(=O)CCCCCCCCCCC)OC(=O)CCCCCCCCC. The van der Waals surface area contributed by atoms with E-state index < -0.39 is 6.10 Å². The van der Waals surface area contributed by atoms with E-state index in [1.165, 1.54) is 141 Å². The first-order valence-electron chi connectivity index (χ1n) is 21.5. The highest BCUT2D eigenvalue weighted by Crippen LogP contribution is 2.15. The lowest BCUT2D eigenvalue weighted by Crippen LogP contribution is -2.30. The van der Waals surface area contributed by atoms with Gasteiger partial charge in [-0.05, 0) is 19.3 Å². The molecule has 0 N–H and O–H groups in total. The van der Waals surface area contributed by atoms with Crippen LogP contribution in [0.3, 0.4) is 0 Å². The Morgan fingerprint density at radius 1 is 0.327 bits per heavy atom. The normalized spacial score (nSPS) is 11.8. The first-order valence-corrected chi connectivity index (χ1v) is 21.5. The number of ether oxygens (including phenoxy) is 3. The standard InChI is InChI=1S/C43H82O6/c1-4-7-10-13-16-18-19-20-21-22-23-25-28-30-33-36-42(45)48-39-40(49-43(46)37-34-31-26-15-12-9-6-3)38-47-41(44)35-32-29-27-24-17-14-11-8-5-2/h40H,4-39H2,1-3H3/t40-/m1/s1. The Balaban J connectivity index is 4.21. The molecule has 0 radical (unpaired) electrons. The molecule has 0 bridgehead atoms. The Hall–Kier alpha value is -1.59. The van der Waals surface area contributed by atoms with Gasteiger partial charge in [0.15, 0.2) is 6.10 Å². The molecular weight excluding hydrogens is 612 g/mol. The summed E-state index contributed by atoms with van der Waals surface area (Å²) in [5.74, 6) is -0.865. The second-order valence-electron chi connectivity index (χ2n) is 14.6. The van der Waals surface area contributed by atoms with E-state index in [1.54, 1.807) is 0 Å². The van der Waals surface area contributed by atoms with Crippen molar-refractivity contribution in [3.05, 3.63) is 0 Å². The third kappa shape index (κ3) is 37.5. The molecule has 0 saturated heterocycles. The monoisotopic (exact) mass is 695 g/mol. The summed E-state index contributed by atoms with van der Waals surface area (Å²) in [5, 5.41) is 0. The number of esters is 3. The minimum atomic E-state index is -0.755. The van der Waals surface area contributed by atoms with Crippen molar-refractivity contribution in [1.29, 1.82) is 0 Å². The highest BCUT2D eigenvalue weighted by atomic mass is 16.6. The highest BCUT2D eigenvalue weighted by molar-refractivity contribution is 5.71. The van der Waals surface area contributed by atoms with Gasteiger partial charge < -0.3 is 14.2 Å². The summed E-state index contributed by atoms with van der Waals surface area (Å²) < 4.78 is 16.6. The zero-order valence-electron chi connectivity index (χ0n) is 33.0. The lowest BCUT2D eigenvalue weighted by Gasteiger charge is -2.18. The lowest BCUT2D eigenvalue weighted by molar-refractivity contribution is -0.167. The van der Waals surface area contributed by atoms with E-state index in [0.717, 1.165) is 57.8 Å². The second kappa shape index (κ2) is 39.2. The first-order chi connectivity index (χ1) is 24.0. The maximum Gasteiger partial charge on any atom is 0.306 e. The minimum absolute atomic E-state index is 0.0638. The number of carbonyl (C=O) groups is 3. The first kappa shape index (κ1) is 47.4. The van der Waals surface area contributed by atoms with Gasteiger partial charge in [0.1, 0.15) is 13.2 Å². The van der Waals surface area contributed by atoms with Gasteiger partial charge in [0.25, 0.3) is 0 Å². The summed E-state index contributed by atoms with van der Waals surface area (Å²) in [6.07, 6.45) is 38.1. The van der Waals surface area contributed by atoms with Crippen molar-refractivity contribution < 1.29 is 28.6 Å². The van der Waals surface area contributed by atoms with Crippen LogP contribution in [0.5, 0.6) is 0 Å². The molecular formula is C43H82O6. The van der Waals surface area contributed by atoms with Gasteiger partial charge >= 0.3 is 17.9 Å². The van der Waals surface area contributed by atoms with Gasteiger partial charge in [-0.2, -0.15) is 0 Å². The smallest absolute Gasteiger partial charge is 0.306 e. The summed E-state index contributed by atoms with van der Waals surface area (Å²) in [5.41, 5.74) is 0. The van der Waals surface area contributed by atoms with Crippen molar-refractivity contribution in [1.82, 2.24) is 0 Å². The van der Waals surface area contributed by atoms with Crippen molar-refractivity contribution in [2.45, 2.75) is 245 Å². The van der Waals surface area contributed by atoms with Gasteiger partial charge in [-0.1, -0.05) is 201 Å². The van der Waals surface area contributed by atoms with E-state index in [2.05, 4.69) is 20.8 Å². The zero-order valence-corrected chi connectivity index (χ0v) is 33.0. The Labute approximate surface area is 304 Å². The zero-order chi connectivity index (χ0) is 35.9. The molecule has 0 aliphatic rings. The van der Waals surface area contributed by atoms with E-state index >= 15 is 0 Å². The molecule has 0 fully saturated rings. The molecule has 0 aliphatic heterocycles. The molecule has 0 rings (SSSR count). The van der Waals surface area contributed by atoms with Crippen molar-refractivity contribution >= 4 is 17.9 Å². The van der Waals surface area contributed by atoms with Crippen LogP contribution >= 0.6 is 0 Å². The van der Waals surface area contributed by atoms with Crippen LogP contribution in [0.1, 0.15) is 239 Å². The van der Waals surface area contributed by atoms with Crippen LogP contribution in [0.4, 0.5) is 0 Å². The van der Waals surface area contributed by atoms with E-state index in [-0.39, 0.29) is 31.1 Å². The maximum atomic E-state index is 12.6. The van der Waals surface area contributed by atoms with Crippen molar-refractivity contribution in [3.8, 4) is 0 Å². The lowest BCUT2D eigenvalue weighted by atomic mass is 10.0. The Bertz CT molecular complexity index is 723. The van der Waals surface area contributed by atoms with E-state index in [4.69, 9.17) is 14.2 Å². The molecule has 0 amide bonds. The Morgan fingerprint density at radius 3 is 0.816 bits per heavy atom. The number of carbonyl (C=O) groups excluding carboxylic acids is 3. The Kier molecular flexibility index (Phi) is 37.9. The van der Waals surface area contributed by atoms with Gasteiger partial charge in [0.2, 0.25) is 0 Å². The topological polar surface area (TPSA) is 78.9 Å². The average molecular weight is 695 g/mol. The molecule has 0 unspecified atom stereocenters. The summed E-state index contributed by atoms with van der Waals surface area (Å²) in [7, 11) is 0. The predicted molar refractivity (Wildman–Crippen MR) is 206 cm³/mol. The predicted octanol–water partition coefficient (Wildman–Crippen LogP) is 13.3. The van der Waals surface area contributed by atoms with Crippen LogP contribution in [0.15, 0.2) is 0 Å². The van der Waals surface area contributed by atoms with Crippen LogP contribution in [0.25, 0.3) is 0 Å². The summed E-state index contributed by atoms with van der Waals surface area (Å²) in [6.45, 7) is 6.58. The van der Waals surface area contributed by atoms with Crippen LogP contribution in [-0.2, 0) is 28.6 Å². The van der Waals surface area contributed by atoms with Gasteiger partial charge in [-0.25, -0.2) is 0 Å². The number of hydrogen-bond acceptors (Lipinski definition) is 6. The summed E-state index contributed by atoms with van der Waals surface area (Å²) in [6, 6.07) is 0. The molecule has 0 aliphatic carbocycles. The number of hydrogen-bond donors (Lipinski definition) is 0. The molecule has 0 aromatic heterocycles. The molecule has 0 spiro atoms. The fourth-order valence-corrected chi connectivity index (χ4v) is 6.32. The molecule has 0 heterocycles. The maximum absolute atomic E-state index is 12.6. The molecule has 290 valence electrons. The van der Waals surface area contributed by atoms with Gasteiger partial charge in [-0.15, -0.1) is 0 Å². The third-order valence-corrected chi connectivity index (χ3v) is 9.61. The van der Waals surface area contributed by atoms with E-state index in [0.29, 0.717) is 19.3 Å². The van der Waals surface area contributed by atoms with Crippen molar-refractivity contribution in [2.75, 3.05) is 13.2 Å². The van der Waals surface area contributed by atoms with Crippen LogP contribution in [0.2, 0.25) is 0 Å². The van der Waals surface area contributed by atoms with Crippen molar-refractivity contribution in [2.24, 2.45) is 0 Å². The molecule has 6 heteroatoms. The largest absolute Gasteiger partial charge is 0.462 e. The van der Waals surface area contributed by atoms with Gasteiger partial charge in [0.05, 0.1) is 0 Å². The molecule has 0 aromatic carbocycles. The van der Waals surface area contributed by atoms with Gasteiger partial charge in [0, 0.05) is 19.3 Å². The second-order valence-corrected chi connectivity index (χ2v) is 14.6. The molecule has 6 nitrogen and oxygen atoms in total. The summed E-state index contributed by atoms with van der Waals surface area (Å²) >= 11 is 0. The number of rotatable bonds is 39. The van der Waals surface area contributed by atoms with Crippen LogP contribution in [-0.4, -0.2) is 37.2 Å². The van der Waals surface area contributed by atoms with Crippen LogP contribution in [0, 0.1) is 0 Å². The Morgan fingerprint density at radius 2 is 0.551 bits per heavy atom. The third-order valence-electron chi connectivity index (χ3n) is 9.61. The summed E-state index contributed by atoms with van der Waals surface area (Å²) in [4.78, 5) is 37.4. The molecule has 0 saturated carbocycles. The van der Waals surface area contributed by atoms with E-state index in [1.807, 2.05) is 0 Å². The fraction of sp³-hybridized carbons (Fsp3) is 0.930. The number of unbranched alkanes of at least 4 members (excludes halogenated alkanes) is 28. The van der Waals surface area contributed by atoms with Crippen LogP contribution < -0.4 is 0 Å². The average Bonchev–Trinajstić information content (AvgIpc) is 3.10.